The lowest BCUT2D eigenvalue weighted by Crippen LogP contribution is -2.34. The van der Waals surface area contributed by atoms with Crippen molar-refractivity contribution in [3.63, 3.8) is 0 Å². The SMILES string of the molecule is O=C(CCCCC(=O)N(CCCO)CCCO)N(CCCO)CCCO. The number of aliphatic hydroxyl groups is 4. The van der Waals surface area contributed by atoms with E-state index < -0.39 is 0 Å². The normalized spacial score (nSPS) is 10.8. The van der Waals surface area contributed by atoms with Crippen molar-refractivity contribution < 1.29 is 30.0 Å². The second kappa shape index (κ2) is 17.2. The monoisotopic (exact) mass is 376 g/mol. The van der Waals surface area contributed by atoms with Crippen LogP contribution in [-0.4, -0.2) is 94.6 Å². The first-order chi connectivity index (χ1) is 12.6. The van der Waals surface area contributed by atoms with Gasteiger partial charge in [0.25, 0.3) is 0 Å². The average Bonchev–Trinajstić information content (AvgIpc) is 2.65. The second-order valence-corrected chi connectivity index (χ2v) is 6.28. The summed E-state index contributed by atoms with van der Waals surface area (Å²) in [5.74, 6) is -0.0338. The first-order valence-corrected chi connectivity index (χ1v) is 9.59. The van der Waals surface area contributed by atoms with Gasteiger partial charge in [0.15, 0.2) is 0 Å². The molecule has 0 rings (SSSR count). The highest BCUT2D eigenvalue weighted by atomic mass is 16.3. The van der Waals surface area contributed by atoms with Gasteiger partial charge in [-0.3, -0.25) is 9.59 Å². The molecule has 0 aliphatic carbocycles. The van der Waals surface area contributed by atoms with Gasteiger partial charge < -0.3 is 30.2 Å². The lowest BCUT2D eigenvalue weighted by molar-refractivity contribution is -0.133. The van der Waals surface area contributed by atoms with Crippen molar-refractivity contribution in [1.82, 2.24) is 9.80 Å². The van der Waals surface area contributed by atoms with Crippen LogP contribution in [0.4, 0.5) is 0 Å². The van der Waals surface area contributed by atoms with E-state index in [1.165, 1.54) is 0 Å². The lowest BCUT2D eigenvalue weighted by atomic mass is 10.1. The molecule has 0 heterocycles. The number of aliphatic hydroxyl groups excluding tert-OH is 4. The third-order valence-electron chi connectivity index (χ3n) is 4.08. The van der Waals surface area contributed by atoms with Crippen molar-refractivity contribution in [3.8, 4) is 0 Å². The van der Waals surface area contributed by atoms with E-state index in [1.807, 2.05) is 0 Å². The number of hydrogen-bond donors (Lipinski definition) is 4. The number of carbonyl (C=O) groups excluding carboxylic acids is 2. The molecule has 8 nitrogen and oxygen atoms in total. The van der Waals surface area contributed by atoms with Crippen LogP contribution in [0.3, 0.4) is 0 Å². The molecule has 0 atom stereocenters. The summed E-state index contributed by atoms with van der Waals surface area (Å²) < 4.78 is 0. The molecule has 0 saturated carbocycles. The Balaban J connectivity index is 4.20. The Hall–Kier alpha value is -1.22. The van der Waals surface area contributed by atoms with Gasteiger partial charge in [-0.2, -0.15) is 0 Å². The van der Waals surface area contributed by atoms with Crippen LogP contribution >= 0.6 is 0 Å². The van der Waals surface area contributed by atoms with E-state index in [2.05, 4.69) is 0 Å². The van der Waals surface area contributed by atoms with Crippen LogP contribution in [0.25, 0.3) is 0 Å². The minimum atomic E-state index is -0.0169. The number of hydrogen-bond acceptors (Lipinski definition) is 6. The van der Waals surface area contributed by atoms with Crippen molar-refractivity contribution in [1.29, 1.82) is 0 Å². The van der Waals surface area contributed by atoms with Gasteiger partial charge in [0, 0.05) is 65.4 Å². The molecule has 0 aromatic rings. The van der Waals surface area contributed by atoms with Gasteiger partial charge in [0.1, 0.15) is 0 Å². The molecular formula is C18H36N2O6. The highest BCUT2D eigenvalue weighted by Crippen LogP contribution is 2.08. The molecule has 154 valence electrons. The minimum Gasteiger partial charge on any atom is -0.396 e. The Morgan fingerprint density at radius 2 is 0.769 bits per heavy atom. The van der Waals surface area contributed by atoms with Crippen LogP contribution in [0.15, 0.2) is 0 Å². The van der Waals surface area contributed by atoms with Gasteiger partial charge in [0.05, 0.1) is 0 Å². The van der Waals surface area contributed by atoms with Crippen molar-refractivity contribution in [2.75, 3.05) is 52.6 Å². The standard InChI is InChI=1S/C18H36N2O6/c21-13-3-9-19(10-4-14-22)17(25)7-1-2-8-18(26)20(11-5-15-23)12-6-16-24/h21-24H,1-16H2. The summed E-state index contributed by atoms with van der Waals surface area (Å²) in [5, 5.41) is 35.6. The van der Waals surface area contributed by atoms with Crippen LogP contribution in [-0.2, 0) is 9.59 Å². The number of carbonyl (C=O) groups is 2. The molecule has 0 aromatic heterocycles. The summed E-state index contributed by atoms with van der Waals surface area (Å²) in [6.45, 7) is 2.00. The molecule has 0 aromatic carbocycles. The van der Waals surface area contributed by atoms with E-state index in [-0.39, 0.29) is 38.2 Å². The largest absolute Gasteiger partial charge is 0.396 e. The Bertz CT molecular complexity index is 318. The van der Waals surface area contributed by atoms with E-state index in [0.29, 0.717) is 77.5 Å². The summed E-state index contributed by atoms with van der Waals surface area (Å²) in [6.07, 6.45) is 3.95. The van der Waals surface area contributed by atoms with Gasteiger partial charge >= 0.3 is 0 Å². The molecule has 2 amide bonds. The van der Waals surface area contributed by atoms with Crippen LogP contribution < -0.4 is 0 Å². The first kappa shape index (κ1) is 24.8. The number of nitrogens with zero attached hydrogens (tertiary/aromatic N) is 2. The van der Waals surface area contributed by atoms with Gasteiger partial charge in [-0.05, 0) is 38.5 Å². The van der Waals surface area contributed by atoms with E-state index in [4.69, 9.17) is 20.4 Å². The van der Waals surface area contributed by atoms with Gasteiger partial charge in [-0.25, -0.2) is 0 Å². The third-order valence-corrected chi connectivity index (χ3v) is 4.08. The molecule has 4 N–H and O–H groups in total. The summed E-state index contributed by atoms with van der Waals surface area (Å²) in [4.78, 5) is 27.8. The third kappa shape index (κ3) is 12.2. The molecule has 0 saturated heterocycles. The van der Waals surface area contributed by atoms with Crippen LogP contribution in [0.5, 0.6) is 0 Å². The molecule has 0 aliphatic rings. The molecule has 26 heavy (non-hydrogen) atoms. The number of amides is 2. The minimum absolute atomic E-state index is 0.0169. The topological polar surface area (TPSA) is 122 Å². The average molecular weight is 376 g/mol. The van der Waals surface area contributed by atoms with Crippen LogP contribution in [0.2, 0.25) is 0 Å². The van der Waals surface area contributed by atoms with Crippen molar-refractivity contribution in [2.45, 2.75) is 51.4 Å². The maximum atomic E-state index is 12.2. The van der Waals surface area contributed by atoms with E-state index in [9.17, 15) is 9.59 Å². The molecule has 0 unspecified atom stereocenters. The Morgan fingerprint density at radius 3 is 1.00 bits per heavy atom. The summed E-state index contributed by atoms with van der Waals surface area (Å²) in [6, 6.07) is 0. The maximum Gasteiger partial charge on any atom is 0.222 e. The predicted molar refractivity (Wildman–Crippen MR) is 98.4 cm³/mol. The number of unbranched alkanes of at least 4 members (excludes halogenated alkanes) is 1. The summed E-state index contributed by atoms with van der Waals surface area (Å²) >= 11 is 0. The van der Waals surface area contributed by atoms with Crippen LogP contribution in [0, 0.1) is 0 Å². The Labute approximate surface area is 156 Å². The fourth-order valence-electron chi connectivity index (χ4n) is 2.64. The summed E-state index contributed by atoms with van der Waals surface area (Å²) in [5.41, 5.74) is 0. The van der Waals surface area contributed by atoms with Gasteiger partial charge in [0.2, 0.25) is 11.8 Å². The van der Waals surface area contributed by atoms with Gasteiger partial charge in [-0.1, -0.05) is 0 Å². The van der Waals surface area contributed by atoms with Crippen molar-refractivity contribution >= 4 is 11.8 Å². The second-order valence-electron chi connectivity index (χ2n) is 6.28. The maximum absolute atomic E-state index is 12.2. The predicted octanol–water partition coefficient (Wildman–Crippen LogP) is -0.266. The zero-order valence-corrected chi connectivity index (χ0v) is 15.8. The zero-order chi connectivity index (χ0) is 19.6. The van der Waals surface area contributed by atoms with E-state index in [1.54, 1.807) is 9.80 Å². The fourth-order valence-corrected chi connectivity index (χ4v) is 2.64. The molecular weight excluding hydrogens is 340 g/mol. The molecule has 0 fully saturated rings. The summed E-state index contributed by atoms with van der Waals surface area (Å²) in [7, 11) is 0. The Morgan fingerprint density at radius 1 is 0.500 bits per heavy atom. The molecule has 8 heteroatoms. The quantitative estimate of drug-likeness (QED) is 0.259. The lowest BCUT2D eigenvalue weighted by Gasteiger charge is -2.23. The van der Waals surface area contributed by atoms with E-state index in [0.717, 1.165) is 0 Å². The zero-order valence-electron chi connectivity index (χ0n) is 15.8. The fraction of sp³-hybridized carbons (Fsp3) is 0.889. The smallest absolute Gasteiger partial charge is 0.222 e. The highest BCUT2D eigenvalue weighted by Gasteiger charge is 2.15. The molecule has 0 radical (unpaired) electrons. The van der Waals surface area contributed by atoms with Crippen molar-refractivity contribution in [2.24, 2.45) is 0 Å². The van der Waals surface area contributed by atoms with Gasteiger partial charge in [-0.15, -0.1) is 0 Å². The number of rotatable bonds is 17. The molecule has 0 spiro atoms. The highest BCUT2D eigenvalue weighted by molar-refractivity contribution is 5.77. The van der Waals surface area contributed by atoms with Crippen LogP contribution in [0.1, 0.15) is 51.4 Å². The van der Waals surface area contributed by atoms with Crippen molar-refractivity contribution in [3.05, 3.63) is 0 Å². The molecule has 0 bridgehead atoms. The molecule has 0 aliphatic heterocycles. The first-order valence-electron chi connectivity index (χ1n) is 9.59. The Kier molecular flexibility index (Phi) is 16.4. The van der Waals surface area contributed by atoms with E-state index >= 15 is 0 Å².